The van der Waals surface area contributed by atoms with Crippen LogP contribution in [0.3, 0.4) is 0 Å². The molecule has 9 nitrogen and oxygen atoms in total. The Bertz CT molecular complexity index is 958. The SMILES string of the molecule is CS(=O)(=O)N[C@@H]1CCCC[C@H]1Cc1ccc(N2C=C(O)NS2(=O)=O)c(O)c1. The fraction of sp³-hybridized carbons (Fsp3) is 0.500. The molecule has 1 heterocycles. The molecule has 1 aromatic carbocycles. The van der Waals surface area contributed by atoms with Crippen LogP contribution in [-0.4, -0.2) is 39.3 Å². The van der Waals surface area contributed by atoms with E-state index in [0.29, 0.717) is 6.42 Å². The predicted octanol–water partition coefficient (Wildman–Crippen LogP) is 1.05. The van der Waals surface area contributed by atoms with Gasteiger partial charge in [-0.05, 0) is 42.9 Å². The lowest BCUT2D eigenvalue weighted by Crippen LogP contribution is -2.42. The topological polar surface area (TPSA) is 136 Å². The largest absolute Gasteiger partial charge is 0.506 e. The van der Waals surface area contributed by atoms with Crippen LogP contribution in [0, 0.1) is 5.92 Å². The molecule has 0 bridgehead atoms. The lowest BCUT2D eigenvalue weighted by molar-refractivity contribution is 0.288. The lowest BCUT2D eigenvalue weighted by Gasteiger charge is -2.31. The first kappa shape index (κ1) is 19.8. The Morgan fingerprint density at radius 2 is 1.96 bits per heavy atom. The molecule has 3 rings (SSSR count). The molecule has 4 N–H and O–H groups in total. The fourth-order valence-electron chi connectivity index (χ4n) is 3.65. The molecule has 0 unspecified atom stereocenters. The van der Waals surface area contributed by atoms with E-state index in [4.69, 9.17) is 0 Å². The molecule has 27 heavy (non-hydrogen) atoms. The summed E-state index contributed by atoms with van der Waals surface area (Å²) in [6.07, 6.45) is 6.29. The maximum absolute atomic E-state index is 11.9. The van der Waals surface area contributed by atoms with Gasteiger partial charge in [0.15, 0.2) is 0 Å². The van der Waals surface area contributed by atoms with Crippen LogP contribution in [0.2, 0.25) is 0 Å². The number of benzene rings is 1. The van der Waals surface area contributed by atoms with Crippen molar-refractivity contribution in [3.63, 3.8) is 0 Å². The zero-order valence-electron chi connectivity index (χ0n) is 14.8. The molecule has 0 aromatic heterocycles. The minimum Gasteiger partial charge on any atom is -0.506 e. The van der Waals surface area contributed by atoms with Gasteiger partial charge in [0.05, 0.1) is 12.5 Å². The Morgan fingerprint density at radius 1 is 1.26 bits per heavy atom. The summed E-state index contributed by atoms with van der Waals surface area (Å²) in [5, 5.41) is 19.7. The van der Waals surface area contributed by atoms with Gasteiger partial charge in [-0.25, -0.2) is 22.2 Å². The van der Waals surface area contributed by atoms with Gasteiger partial charge in [0.2, 0.25) is 15.9 Å². The molecule has 2 aliphatic rings. The first-order valence-corrected chi connectivity index (χ1v) is 11.9. The van der Waals surface area contributed by atoms with Crippen LogP contribution >= 0.6 is 0 Å². The number of hydrogen-bond donors (Lipinski definition) is 4. The van der Waals surface area contributed by atoms with Crippen LogP contribution < -0.4 is 13.7 Å². The third-order valence-electron chi connectivity index (χ3n) is 4.78. The van der Waals surface area contributed by atoms with Gasteiger partial charge in [-0.3, -0.25) is 0 Å². The van der Waals surface area contributed by atoms with Gasteiger partial charge < -0.3 is 10.2 Å². The third-order valence-corrected chi connectivity index (χ3v) is 6.80. The minimum atomic E-state index is -3.98. The molecule has 0 amide bonds. The third kappa shape index (κ3) is 4.66. The average molecular weight is 418 g/mol. The molecule has 1 fully saturated rings. The Morgan fingerprint density at radius 3 is 2.56 bits per heavy atom. The van der Waals surface area contributed by atoms with Crippen molar-refractivity contribution < 1.29 is 27.0 Å². The van der Waals surface area contributed by atoms with Crippen molar-refractivity contribution in [1.29, 1.82) is 0 Å². The molecule has 150 valence electrons. The van der Waals surface area contributed by atoms with Gasteiger partial charge in [-0.15, -0.1) is 0 Å². The monoisotopic (exact) mass is 417 g/mol. The highest BCUT2D eigenvalue weighted by Gasteiger charge is 2.31. The molecule has 2 atom stereocenters. The second-order valence-electron chi connectivity index (χ2n) is 6.99. The van der Waals surface area contributed by atoms with E-state index < -0.39 is 26.1 Å². The molecule has 1 aliphatic heterocycles. The van der Waals surface area contributed by atoms with Crippen LogP contribution in [0.1, 0.15) is 31.2 Å². The van der Waals surface area contributed by atoms with E-state index >= 15 is 0 Å². The first-order chi connectivity index (χ1) is 12.5. The van der Waals surface area contributed by atoms with Crippen molar-refractivity contribution >= 4 is 25.9 Å². The van der Waals surface area contributed by atoms with E-state index in [1.54, 1.807) is 6.07 Å². The zero-order valence-corrected chi connectivity index (χ0v) is 16.4. The Hall–Kier alpha value is -1.98. The number of nitrogens with one attached hydrogen (secondary N) is 2. The number of aliphatic hydroxyl groups is 1. The molecule has 0 radical (unpaired) electrons. The Labute approximate surface area is 158 Å². The number of nitrogens with zero attached hydrogens (tertiary/aromatic N) is 1. The summed E-state index contributed by atoms with van der Waals surface area (Å²) in [4.78, 5) is 0. The molecular formula is C16H23N3O6S2. The molecule has 1 aromatic rings. The molecular weight excluding hydrogens is 394 g/mol. The van der Waals surface area contributed by atoms with Crippen molar-refractivity contribution in [3.05, 3.63) is 35.8 Å². The van der Waals surface area contributed by atoms with Crippen molar-refractivity contribution in [2.24, 2.45) is 5.92 Å². The van der Waals surface area contributed by atoms with Crippen LogP contribution in [-0.2, 0) is 26.7 Å². The summed E-state index contributed by atoms with van der Waals surface area (Å²) >= 11 is 0. The van der Waals surface area contributed by atoms with Crippen LogP contribution in [0.15, 0.2) is 30.3 Å². The maximum atomic E-state index is 11.9. The van der Waals surface area contributed by atoms with Gasteiger partial charge in [0.1, 0.15) is 11.4 Å². The number of hydrogen-bond acceptors (Lipinski definition) is 6. The van der Waals surface area contributed by atoms with Gasteiger partial charge in [0, 0.05) is 6.04 Å². The summed E-state index contributed by atoms with van der Waals surface area (Å²) in [5.74, 6) is -0.678. The van der Waals surface area contributed by atoms with Crippen LogP contribution in [0.4, 0.5) is 5.69 Å². The standard InChI is InChI=1S/C16H23N3O6S2/c1-26(22,23)17-13-5-3-2-4-12(13)8-11-6-7-14(15(20)9-11)19-10-16(21)18-27(19,24)25/h6-7,9-10,12-13,17-18,20-21H,2-5,8H2,1H3/t12-,13+/m0/s1. The van der Waals surface area contributed by atoms with Crippen LogP contribution in [0.25, 0.3) is 0 Å². The molecule has 0 saturated heterocycles. The highest BCUT2D eigenvalue weighted by Crippen LogP contribution is 2.34. The molecule has 1 aliphatic carbocycles. The molecule has 1 saturated carbocycles. The summed E-state index contributed by atoms with van der Waals surface area (Å²) in [6.45, 7) is 0. The smallest absolute Gasteiger partial charge is 0.330 e. The normalized spacial score (nSPS) is 25.1. The van der Waals surface area contributed by atoms with Gasteiger partial charge >= 0.3 is 10.2 Å². The average Bonchev–Trinajstić information content (AvgIpc) is 2.80. The van der Waals surface area contributed by atoms with Gasteiger partial charge in [0.25, 0.3) is 0 Å². The Balaban J connectivity index is 1.79. The van der Waals surface area contributed by atoms with Gasteiger partial charge in [-0.2, -0.15) is 8.42 Å². The molecule has 0 spiro atoms. The zero-order chi connectivity index (χ0) is 19.8. The Kier molecular flexibility index (Phi) is 5.28. The number of rotatable bonds is 5. The van der Waals surface area contributed by atoms with Gasteiger partial charge in [-0.1, -0.05) is 18.9 Å². The number of sulfonamides is 1. The van der Waals surface area contributed by atoms with E-state index in [1.165, 1.54) is 12.1 Å². The van der Waals surface area contributed by atoms with E-state index in [-0.39, 0.29) is 23.4 Å². The van der Waals surface area contributed by atoms with Crippen molar-refractivity contribution in [3.8, 4) is 5.75 Å². The first-order valence-electron chi connectivity index (χ1n) is 8.57. The maximum Gasteiger partial charge on any atom is 0.330 e. The quantitative estimate of drug-likeness (QED) is 0.565. The fourth-order valence-corrected chi connectivity index (χ4v) is 5.58. The summed E-state index contributed by atoms with van der Waals surface area (Å²) in [7, 11) is -7.28. The van der Waals surface area contributed by atoms with Crippen LogP contribution in [0.5, 0.6) is 5.75 Å². The van der Waals surface area contributed by atoms with Crippen molar-refractivity contribution in [2.45, 2.75) is 38.1 Å². The summed E-state index contributed by atoms with van der Waals surface area (Å²) in [5.41, 5.74) is 0.797. The minimum absolute atomic E-state index is 0.0183. The number of phenolic OH excluding ortho intramolecular Hbond substituents is 1. The summed E-state index contributed by atoms with van der Waals surface area (Å²) in [6, 6.07) is 4.47. The van der Waals surface area contributed by atoms with E-state index in [2.05, 4.69) is 4.72 Å². The predicted molar refractivity (Wildman–Crippen MR) is 101 cm³/mol. The second kappa shape index (κ2) is 7.21. The van der Waals surface area contributed by atoms with E-state index in [0.717, 1.165) is 48.0 Å². The lowest BCUT2D eigenvalue weighted by atomic mass is 9.81. The van der Waals surface area contributed by atoms with E-state index in [1.807, 2.05) is 4.72 Å². The highest BCUT2D eigenvalue weighted by molar-refractivity contribution is 7.91. The van der Waals surface area contributed by atoms with Crippen molar-refractivity contribution in [1.82, 2.24) is 9.44 Å². The summed E-state index contributed by atoms with van der Waals surface area (Å²) < 4.78 is 52.4. The van der Waals surface area contributed by atoms with E-state index in [9.17, 15) is 27.0 Å². The highest BCUT2D eigenvalue weighted by atomic mass is 32.2. The van der Waals surface area contributed by atoms with Crippen molar-refractivity contribution in [2.75, 3.05) is 10.6 Å². The number of aromatic hydroxyl groups is 1. The second-order valence-corrected chi connectivity index (χ2v) is 10.3. The number of anilines is 1. The molecule has 11 heteroatoms. The number of phenols is 1. The number of aliphatic hydroxyl groups excluding tert-OH is 1.